The number of fused-ring (bicyclic) bond motifs is 8. The minimum atomic E-state index is -4.61. The number of halogens is 14. The SMILES string of the molecule is Cc1cc(CF)c2c(c1)CCC(C)C2.Cc1cc(F)c2c(c1)CCC(C)C2.Cc1cc2c(c(C(F)(F)F)c1)CC(C)CC2.Cc1cc2c(c(C(F)F)c1)CC(C)CC2.Cc1cc2c(c(OC(F)F)c1)CC(C)CC2.Cc1cc2c(c(OCF)c1)CC(C)CC2.Cc1cc2c(c(OCF)c1)CC(C)CC2.Cc1ccc2c(c1OC(F)(F)F)CCC(C)C2. The molecule has 0 aromatic heterocycles. The van der Waals surface area contributed by atoms with Gasteiger partial charge in [0.1, 0.15) is 35.5 Å². The Bertz CT molecular complexity index is 4660. The lowest BCUT2D eigenvalue weighted by Crippen LogP contribution is -2.21. The summed E-state index contributed by atoms with van der Waals surface area (Å²) < 4.78 is 196. The van der Waals surface area contributed by atoms with Gasteiger partial charge in [0.15, 0.2) is 0 Å². The number of rotatable bonds is 9. The zero-order chi connectivity index (χ0) is 88.5. The summed E-state index contributed by atoms with van der Waals surface area (Å²) in [5.74, 6) is 6.59. The van der Waals surface area contributed by atoms with Crippen molar-refractivity contribution in [1.82, 2.24) is 0 Å². The highest BCUT2D eigenvalue weighted by Gasteiger charge is 2.37. The molecular formula is C103H128F14O4. The van der Waals surface area contributed by atoms with Gasteiger partial charge in [0.2, 0.25) is 13.7 Å². The van der Waals surface area contributed by atoms with Gasteiger partial charge in [0.25, 0.3) is 6.43 Å². The van der Waals surface area contributed by atoms with Crippen molar-refractivity contribution < 1.29 is 80.4 Å². The monoisotopic (exact) mass is 1690 g/mol. The van der Waals surface area contributed by atoms with E-state index in [1.54, 1.807) is 38.1 Å². The van der Waals surface area contributed by atoms with Gasteiger partial charge in [0, 0.05) is 5.56 Å². The Balaban J connectivity index is 0.000000157. The van der Waals surface area contributed by atoms with Gasteiger partial charge in [-0.2, -0.15) is 22.0 Å². The van der Waals surface area contributed by atoms with Crippen LogP contribution in [0.25, 0.3) is 0 Å². The van der Waals surface area contributed by atoms with E-state index < -0.39 is 44.9 Å². The molecule has 0 fully saturated rings. The van der Waals surface area contributed by atoms with E-state index in [9.17, 15) is 61.5 Å². The molecule has 121 heavy (non-hydrogen) atoms. The molecular weight excluding hydrogens is 1570 g/mol. The van der Waals surface area contributed by atoms with Crippen LogP contribution >= 0.6 is 0 Å². The molecule has 0 spiro atoms. The molecule has 0 heterocycles. The standard InChI is InChI=1S/C13H15F3O.C13H15F3.C13H16F2O.C13H16F2.2C13H17FO.C13H17F.C12H15F/c1-8-3-6-11-10(7-8)5-4-9(2)12(11)17-13(14,15)16;1-8-3-4-10-5-9(2)7-12(11(10)6-8)13(14,15)16;1-8-3-4-10-5-9(2)7-12(11(10)6-8)16-13(14)15;1-8-3-4-10-5-9(2)7-12(13(14)15)11(10)6-8;2*1-9-3-4-11-5-10(2)7-13(15-8-14)12(11)6-9;1-9-3-4-11-5-10(2)6-12(8-14)13(11)7-9;1-8-3-4-10-5-9(2)7-12(13)11(10)6-8/h4-5,8H,3,6-7H2,1-2H3;5,7-8H,3-4,6H2,1-2H3;5,7-8,13H,3-4,6H2,1-2H3;5,7-8,13H,3-4,6H2,1-2H3;2*5,7,9H,3-4,6,8H2,1-2H3;5-6,9H,3-4,7-8H2,1-2H3;5,7-8H,3-4,6H2,1-2H3. The number of ether oxygens (including phenoxy) is 4. The smallest absolute Gasteiger partial charge is 0.463 e. The molecule has 8 aliphatic carbocycles. The molecule has 8 unspecified atom stereocenters. The van der Waals surface area contributed by atoms with Crippen molar-refractivity contribution >= 4 is 0 Å². The highest BCUT2D eigenvalue weighted by molar-refractivity contribution is 5.51. The number of hydrogen-bond acceptors (Lipinski definition) is 4. The number of benzene rings is 8. The van der Waals surface area contributed by atoms with E-state index in [1.165, 1.54) is 81.8 Å². The van der Waals surface area contributed by atoms with Gasteiger partial charge in [-0.3, -0.25) is 0 Å². The Morgan fingerprint density at radius 2 is 0.669 bits per heavy atom. The van der Waals surface area contributed by atoms with Gasteiger partial charge in [-0.25, -0.2) is 26.3 Å². The Kier molecular flexibility index (Phi) is 35.2. The molecule has 16 rings (SSSR count). The Morgan fingerprint density at radius 1 is 0.339 bits per heavy atom. The largest absolute Gasteiger partial charge is 0.573 e. The molecule has 0 amide bonds. The Morgan fingerprint density at radius 3 is 1.08 bits per heavy atom. The fourth-order valence-electron chi connectivity index (χ4n) is 18.9. The van der Waals surface area contributed by atoms with E-state index in [4.69, 9.17) is 9.47 Å². The van der Waals surface area contributed by atoms with E-state index >= 15 is 0 Å². The molecule has 8 aromatic carbocycles. The number of hydrogen-bond donors (Lipinski definition) is 0. The van der Waals surface area contributed by atoms with E-state index in [0.29, 0.717) is 76.7 Å². The minimum Gasteiger partial charge on any atom is -0.463 e. The van der Waals surface area contributed by atoms with Crippen molar-refractivity contribution in [3.63, 3.8) is 0 Å². The van der Waals surface area contributed by atoms with Crippen molar-refractivity contribution in [2.24, 2.45) is 47.3 Å². The maximum absolute atomic E-state index is 13.5. The lowest BCUT2D eigenvalue weighted by atomic mass is 9.81. The molecule has 8 aliphatic rings. The molecule has 662 valence electrons. The third-order valence-electron chi connectivity index (χ3n) is 25.1. The highest BCUT2D eigenvalue weighted by atomic mass is 19.4. The Labute approximate surface area is 711 Å². The van der Waals surface area contributed by atoms with Crippen LogP contribution in [0.2, 0.25) is 0 Å². The van der Waals surface area contributed by atoms with Crippen molar-refractivity contribution in [3.05, 3.63) is 253 Å². The van der Waals surface area contributed by atoms with Gasteiger partial charge >= 0.3 is 19.2 Å². The summed E-state index contributed by atoms with van der Waals surface area (Å²) in [4.78, 5) is 0. The van der Waals surface area contributed by atoms with Gasteiger partial charge < -0.3 is 18.9 Å². The summed E-state index contributed by atoms with van der Waals surface area (Å²) in [7, 11) is 0. The van der Waals surface area contributed by atoms with Crippen molar-refractivity contribution in [3.8, 4) is 23.0 Å². The summed E-state index contributed by atoms with van der Waals surface area (Å²) in [5.41, 5.74) is 25.9. The zero-order valence-corrected chi connectivity index (χ0v) is 74.0. The second-order valence-corrected chi connectivity index (χ2v) is 36.6. The third-order valence-corrected chi connectivity index (χ3v) is 25.1. The van der Waals surface area contributed by atoms with Gasteiger partial charge in [-0.15, -0.1) is 13.2 Å². The summed E-state index contributed by atoms with van der Waals surface area (Å²) in [5, 5.41) is 0. The van der Waals surface area contributed by atoms with Crippen LogP contribution in [0.3, 0.4) is 0 Å². The van der Waals surface area contributed by atoms with E-state index in [0.717, 1.165) is 205 Å². The molecule has 18 heteroatoms. The first-order chi connectivity index (χ1) is 57.1. The molecule has 0 aliphatic heterocycles. The molecule has 0 saturated heterocycles. The van der Waals surface area contributed by atoms with Crippen molar-refractivity contribution in [1.29, 1.82) is 0 Å². The average molecular weight is 1700 g/mol. The lowest BCUT2D eigenvalue weighted by Gasteiger charge is -2.25. The predicted octanol–water partition coefficient (Wildman–Crippen LogP) is 29.6. The summed E-state index contributed by atoms with van der Waals surface area (Å²) >= 11 is 0. The summed E-state index contributed by atoms with van der Waals surface area (Å²) in [6.45, 7) is 28.1. The van der Waals surface area contributed by atoms with Crippen LogP contribution in [-0.2, 0) is 116 Å². The van der Waals surface area contributed by atoms with Crippen LogP contribution in [0.4, 0.5) is 61.5 Å². The van der Waals surface area contributed by atoms with E-state index in [2.05, 4.69) is 101 Å². The lowest BCUT2D eigenvalue weighted by molar-refractivity contribution is -0.275. The summed E-state index contributed by atoms with van der Waals surface area (Å²) in [6.07, 6.45) is 12.8. The van der Waals surface area contributed by atoms with Gasteiger partial charge in [-0.05, 0) is 410 Å². The third kappa shape index (κ3) is 28.0. The number of aryl methyl sites for hydroxylation is 15. The molecule has 0 radical (unpaired) electrons. The number of alkyl halides is 13. The fourth-order valence-corrected chi connectivity index (χ4v) is 18.9. The first-order valence-electron chi connectivity index (χ1n) is 43.8. The first kappa shape index (κ1) is 96.8. The second-order valence-electron chi connectivity index (χ2n) is 36.6. The quantitative estimate of drug-likeness (QED) is 0.135. The predicted molar refractivity (Wildman–Crippen MR) is 460 cm³/mol. The maximum atomic E-state index is 13.5. The molecule has 4 nitrogen and oxygen atoms in total. The summed E-state index contributed by atoms with van der Waals surface area (Å²) in [6, 6.07) is 30.6. The average Bonchev–Trinajstić information content (AvgIpc) is 0.789. The van der Waals surface area contributed by atoms with Crippen molar-refractivity contribution in [2.45, 2.75) is 297 Å². The normalized spacial score (nSPS) is 20.3. The van der Waals surface area contributed by atoms with E-state index in [1.807, 2.05) is 71.9 Å². The van der Waals surface area contributed by atoms with E-state index in [-0.39, 0.29) is 23.8 Å². The molecule has 8 atom stereocenters. The van der Waals surface area contributed by atoms with Crippen LogP contribution in [0, 0.1) is 109 Å². The van der Waals surface area contributed by atoms with Crippen LogP contribution in [0.5, 0.6) is 23.0 Å². The topological polar surface area (TPSA) is 36.9 Å². The molecule has 0 bridgehead atoms. The van der Waals surface area contributed by atoms with Gasteiger partial charge in [0.05, 0.1) is 5.56 Å². The molecule has 8 aromatic rings. The highest BCUT2D eigenvalue weighted by Crippen LogP contribution is 2.43. The first-order valence-corrected chi connectivity index (χ1v) is 43.8. The van der Waals surface area contributed by atoms with Crippen LogP contribution in [0.15, 0.2) is 97.1 Å². The molecule has 0 N–H and O–H groups in total. The zero-order valence-electron chi connectivity index (χ0n) is 74.0. The van der Waals surface area contributed by atoms with Crippen LogP contribution < -0.4 is 18.9 Å². The molecule has 0 saturated carbocycles. The van der Waals surface area contributed by atoms with Gasteiger partial charge in [-0.1, -0.05) is 139 Å². The Hall–Kier alpha value is -8.02. The maximum Gasteiger partial charge on any atom is 0.573 e. The second kappa shape index (κ2) is 44.0. The fraction of sp³-hybridized carbons (Fsp3) is 0.534. The van der Waals surface area contributed by atoms with Crippen LogP contribution in [-0.4, -0.2) is 26.7 Å². The van der Waals surface area contributed by atoms with Crippen LogP contribution in [0.1, 0.15) is 263 Å². The minimum absolute atomic E-state index is 0.00144. The van der Waals surface area contributed by atoms with Crippen molar-refractivity contribution in [2.75, 3.05) is 13.7 Å².